The molecular formula is C16H10BrN. The van der Waals surface area contributed by atoms with Gasteiger partial charge in [0.15, 0.2) is 0 Å². The van der Waals surface area contributed by atoms with Crippen LogP contribution in [-0.4, -0.2) is 4.98 Å². The predicted octanol–water partition coefficient (Wildman–Crippen LogP) is 5.24. The molecular weight excluding hydrogens is 286 g/mol. The second kappa shape index (κ2) is 3.59. The minimum absolute atomic E-state index is 1.14. The van der Waals surface area contributed by atoms with E-state index in [4.69, 9.17) is 0 Å². The lowest BCUT2D eigenvalue weighted by Gasteiger charge is -2.02. The number of H-pyrrole nitrogens is 1. The van der Waals surface area contributed by atoms with Crippen LogP contribution in [0, 0.1) is 0 Å². The van der Waals surface area contributed by atoms with Gasteiger partial charge in [-0.3, -0.25) is 0 Å². The number of fused-ring (bicyclic) bond motifs is 5. The molecule has 0 unspecified atom stereocenters. The topological polar surface area (TPSA) is 15.8 Å². The van der Waals surface area contributed by atoms with E-state index in [1.54, 1.807) is 0 Å². The maximum atomic E-state index is 3.66. The van der Waals surface area contributed by atoms with Gasteiger partial charge in [0.2, 0.25) is 0 Å². The zero-order valence-corrected chi connectivity index (χ0v) is 11.2. The van der Waals surface area contributed by atoms with E-state index in [0.717, 1.165) is 4.47 Å². The molecule has 0 saturated heterocycles. The van der Waals surface area contributed by atoms with Crippen molar-refractivity contribution in [3.05, 3.63) is 59.1 Å². The van der Waals surface area contributed by atoms with Crippen LogP contribution in [0.15, 0.2) is 59.1 Å². The highest BCUT2D eigenvalue weighted by atomic mass is 79.9. The molecule has 1 nitrogen and oxygen atoms in total. The van der Waals surface area contributed by atoms with Crippen molar-refractivity contribution in [2.45, 2.75) is 0 Å². The third-order valence-corrected chi connectivity index (χ3v) is 4.12. The number of nitrogens with one attached hydrogen (secondary N) is 1. The van der Waals surface area contributed by atoms with Crippen molar-refractivity contribution in [1.82, 2.24) is 4.98 Å². The summed E-state index contributed by atoms with van der Waals surface area (Å²) in [6.45, 7) is 0. The van der Waals surface area contributed by atoms with Crippen LogP contribution in [0.4, 0.5) is 0 Å². The minimum atomic E-state index is 1.14. The number of aromatic nitrogens is 1. The fourth-order valence-electron chi connectivity index (χ4n) is 2.68. The largest absolute Gasteiger partial charge is 0.354 e. The zero-order chi connectivity index (χ0) is 12.1. The normalized spacial score (nSPS) is 11.6. The van der Waals surface area contributed by atoms with E-state index in [0.29, 0.717) is 0 Å². The van der Waals surface area contributed by atoms with Gasteiger partial charge in [-0.25, -0.2) is 0 Å². The van der Waals surface area contributed by atoms with Gasteiger partial charge in [0.1, 0.15) is 0 Å². The number of para-hydroxylation sites is 1. The first-order valence-corrected chi connectivity index (χ1v) is 6.71. The number of benzene rings is 3. The molecule has 4 rings (SSSR count). The van der Waals surface area contributed by atoms with Crippen LogP contribution in [0.3, 0.4) is 0 Å². The summed E-state index contributed by atoms with van der Waals surface area (Å²) in [6, 6.07) is 19.1. The first-order valence-electron chi connectivity index (χ1n) is 5.92. The fraction of sp³-hybridized carbons (Fsp3) is 0. The average Bonchev–Trinajstić information content (AvgIpc) is 2.77. The molecule has 0 aliphatic heterocycles. The zero-order valence-electron chi connectivity index (χ0n) is 9.57. The van der Waals surface area contributed by atoms with E-state index >= 15 is 0 Å². The summed E-state index contributed by atoms with van der Waals surface area (Å²) in [5.41, 5.74) is 2.37. The lowest BCUT2D eigenvalue weighted by atomic mass is 10.0. The van der Waals surface area contributed by atoms with Crippen LogP contribution in [-0.2, 0) is 0 Å². The number of halogens is 1. The van der Waals surface area contributed by atoms with E-state index in [1.165, 1.54) is 32.6 Å². The second-order valence-electron chi connectivity index (χ2n) is 4.50. The highest BCUT2D eigenvalue weighted by Crippen LogP contribution is 2.35. The fourth-order valence-corrected chi connectivity index (χ4v) is 3.25. The van der Waals surface area contributed by atoms with Crippen molar-refractivity contribution < 1.29 is 0 Å². The first kappa shape index (κ1) is 10.2. The summed E-state index contributed by atoms with van der Waals surface area (Å²) in [7, 11) is 0. The van der Waals surface area contributed by atoms with Gasteiger partial charge in [-0.05, 0) is 22.9 Å². The smallest absolute Gasteiger partial charge is 0.0482 e. The molecule has 0 saturated carbocycles. The average molecular weight is 296 g/mol. The summed E-state index contributed by atoms with van der Waals surface area (Å²) in [5.74, 6) is 0. The molecule has 4 aromatic rings. The molecule has 3 aromatic carbocycles. The van der Waals surface area contributed by atoms with Gasteiger partial charge in [0.25, 0.3) is 0 Å². The molecule has 18 heavy (non-hydrogen) atoms. The Bertz CT molecular complexity index is 889. The van der Waals surface area contributed by atoms with E-state index < -0.39 is 0 Å². The Hall–Kier alpha value is -1.80. The quantitative estimate of drug-likeness (QED) is 0.457. The summed E-state index contributed by atoms with van der Waals surface area (Å²) < 4.78 is 1.14. The molecule has 86 valence electrons. The van der Waals surface area contributed by atoms with Crippen molar-refractivity contribution >= 4 is 48.5 Å². The molecule has 0 radical (unpaired) electrons. The maximum absolute atomic E-state index is 3.66. The second-order valence-corrected chi connectivity index (χ2v) is 5.35. The number of aromatic amines is 1. The summed E-state index contributed by atoms with van der Waals surface area (Å²) in [5, 5.41) is 5.15. The van der Waals surface area contributed by atoms with Gasteiger partial charge < -0.3 is 4.98 Å². The standard InChI is InChI=1S/C16H10BrN/c17-13-9-15-16(11-6-2-1-5-10(11)13)12-7-3-4-8-14(12)18-15/h1-9,18H. The molecule has 0 bridgehead atoms. The van der Waals surface area contributed by atoms with Gasteiger partial charge in [-0.15, -0.1) is 0 Å². The number of hydrogen-bond donors (Lipinski definition) is 1. The Morgan fingerprint density at radius 1 is 0.722 bits per heavy atom. The lowest BCUT2D eigenvalue weighted by Crippen LogP contribution is -1.76. The van der Waals surface area contributed by atoms with Crippen molar-refractivity contribution in [2.24, 2.45) is 0 Å². The molecule has 0 aliphatic rings. The van der Waals surface area contributed by atoms with Crippen LogP contribution in [0.1, 0.15) is 0 Å². The van der Waals surface area contributed by atoms with Crippen LogP contribution < -0.4 is 0 Å². The molecule has 0 atom stereocenters. The first-order chi connectivity index (χ1) is 8.84. The van der Waals surface area contributed by atoms with Crippen LogP contribution in [0.5, 0.6) is 0 Å². The van der Waals surface area contributed by atoms with E-state index in [9.17, 15) is 0 Å². The Morgan fingerprint density at radius 2 is 1.39 bits per heavy atom. The molecule has 1 aromatic heterocycles. The Labute approximate surface area is 113 Å². The summed E-state index contributed by atoms with van der Waals surface area (Å²) in [4.78, 5) is 3.48. The maximum Gasteiger partial charge on any atom is 0.0482 e. The molecule has 0 amide bonds. The van der Waals surface area contributed by atoms with Gasteiger partial charge in [-0.2, -0.15) is 0 Å². The van der Waals surface area contributed by atoms with Crippen molar-refractivity contribution in [3.63, 3.8) is 0 Å². The van der Waals surface area contributed by atoms with Crippen LogP contribution in [0.2, 0.25) is 0 Å². The lowest BCUT2D eigenvalue weighted by molar-refractivity contribution is 1.55. The minimum Gasteiger partial charge on any atom is -0.354 e. The van der Waals surface area contributed by atoms with Crippen LogP contribution >= 0.6 is 15.9 Å². The number of rotatable bonds is 0. The van der Waals surface area contributed by atoms with E-state index in [2.05, 4.69) is 75.5 Å². The Morgan fingerprint density at radius 3 is 2.22 bits per heavy atom. The Balaban J connectivity index is 2.39. The van der Waals surface area contributed by atoms with Gasteiger partial charge in [-0.1, -0.05) is 58.4 Å². The SMILES string of the molecule is Brc1cc2[nH]c3ccccc3c2c2ccccc12. The highest BCUT2D eigenvalue weighted by molar-refractivity contribution is 9.10. The summed E-state index contributed by atoms with van der Waals surface area (Å²) >= 11 is 3.66. The third-order valence-electron chi connectivity index (χ3n) is 3.46. The molecule has 0 fully saturated rings. The monoisotopic (exact) mass is 295 g/mol. The molecule has 2 heteroatoms. The Kier molecular flexibility index (Phi) is 2.03. The van der Waals surface area contributed by atoms with Crippen molar-refractivity contribution in [3.8, 4) is 0 Å². The molecule has 1 heterocycles. The van der Waals surface area contributed by atoms with Crippen LogP contribution in [0.25, 0.3) is 32.6 Å². The third kappa shape index (κ3) is 1.27. The van der Waals surface area contributed by atoms with Gasteiger partial charge in [0.05, 0.1) is 0 Å². The van der Waals surface area contributed by atoms with E-state index in [-0.39, 0.29) is 0 Å². The summed E-state index contributed by atoms with van der Waals surface area (Å²) in [6.07, 6.45) is 0. The highest BCUT2D eigenvalue weighted by Gasteiger charge is 2.09. The van der Waals surface area contributed by atoms with Gasteiger partial charge >= 0.3 is 0 Å². The molecule has 1 N–H and O–H groups in total. The predicted molar refractivity (Wildman–Crippen MR) is 81.0 cm³/mol. The van der Waals surface area contributed by atoms with Gasteiger partial charge in [0, 0.05) is 26.3 Å². The van der Waals surface area contributed by atoms with Crippen molar-refractivity contribution in [1.29, 1.82) is 0 Å². The number of hydrogen-bond acceptors (Lipinski definition) is 0. The van der Waals surface area contributed by atoms with Crippen molar-refractivity contribution in [2.75, 3.05) is 0 Å². The molecule has 0 aliphatic carbocycles. The van der Waals surface area contributed by atoms with E-state index in [1.807, 2.05) is 0 Å². The molecule has 0 spiro atoms.